The number of ether oxygens (including phenoxy) is 1. The van der Waals surface area contributed by atoms with Gasteiger partial charge in [0.1, 0.15) is 11.5 Å². The lowest BCUT2D eigenvalue weighted by atomic mass is 10.4. The fourth-order valence-corrected chi connectivity index (χ4v) is 2.59. The van der Waals surface area contributed by atoms with Crippen molar-refractivity contribution in [2.75, 3.05) is 13.7 Å². The number of nitrogens with zero attached hydrogens (tertiary/aromatic N) is 4. The molecule has 0 unspecified atom stereocenters. The second-order valence-electron chi connectivity index (χ2n) is 4.22. The molecule has 0 saturated heterocycles. The lowest BCUT2D eigenvalue weighted by Crippen LogP contribution is -2.26. The van der Waals surface area contributed by atoms with Gasteiger partial charge in [-0.2, -0.15) is 10.1 Å². The Labute approximate surface area is 122 Å². The summed E-state index contributed by atoms with van der Waals surface area (Å²) in [6.07, 6.45) is 3.12. The van der Waals surface area contributed by atoms with Crippen molar-refractivity contribution >= 4 is 10.0 Å². The number of hydrogen-bond acceptors (Lipinski definition) is 7. The van der Waals surface area contributed by atoms with Crippen LogP contribution >= 0.6 is 0 Å². The smallest absolute Gasteiger partial charge is 0.252 e. The van der Waals surface area contributed by atoms with Crippen LogP contribution < -0.4 is 4.72 Å². The highest BCUT2D eigenvalue weighted by molar-refractivity contribution is 7.89. The summed E-state index contributed by atoms with van der Waals surface area (Å²) >= 11 is 0. The van der Waals surface area contributed by atoms with Crippen LogP contribution in [0.1, 0.15) is 18.6 Å². The number of nitrogens with one attached hydrogen (secondary N) is 1. The number of rotatable bonds is 8. The Morgan fingerprint density at radius 3 is 2.95 bits per heavy atom. The third kappa shape index (κ3) is 4.09. The third-order valence-corrected chi connectivity index (χ3v) is 4.08. The first kappa shape index (κ1) is 15.6. The summed E-state index contributed by atoms with van der Waals surface area (Å²) in [4.78, 5) is 4.19. The van der Waals surface area contributed by atoms with Gasteiger partial charge in [0, 0.05) is 32.8 Å². The summed E-state index contributed by atoms with van der Waals surface area (Å²) in [7, 11) is -2.05. The van der Waals surface area contributed by atoms with Crippen molar-refractivity contribution in [3.05, 3.63) is 24.1 Å². The van der Waals surface area contributed by atoms with Crippen molar-refractivity contribution in [2.45, 2.75) is 31.4 Å². The fraction of sp³-hybridized carbons (Fsp3) is 0.545. The summed E-state index contributed by atoms with van der Waals surface area (Å²) in [5, 5.41) is 7.66. The molecule has 0 fully saturated rings. The van der Waals surface area contributed by atoms with Crippen LogP contribution in [0, 0.1) is 0 Å². The molecule has 0 amide bonds. The largest absolute Gasteiger partial charge is 0.375 e. The molecule has 0 aliphatic heterocycles. The number of sulfonamides is 1. The molecule has 9 nitrogen and oxygen atoms in total. The van der Waals surface area contributed by atoms with Gasteiger partial charge in [0.2, 0.25) is 10.0 Å². The predicted molar refractivity (Wildman–Crippen MR) is 71.8 cm³/mol. The highest BCUT2D eigenvalue weighted by atomic mass is 32.2. The van der Waals surface area contributed by atoms with Crippen LogP contribution in [-0.2, 0) is 34.3 Å². The maximum absolute atomic E-state index is 12.0. The van der Waals surface area contributed by atoms with Gasteiger partial charge in [-0.3, -0.25) is 4.68 Å². The van der Waals surface area contributed by atoms with Crippen LogP contribution in [0.25, 0.3) is 0 Å². The van der Waals surface area contributed by atoms with E-state index in [-0.39, 0.29) is 18.0 Å². The maximum Gasteiger partial charge on any atom is 0.252 e. The number of aryl methyl sites for hydroxylation is 1. The SMILES string of the molecule is CCn1cc(S(=O)(=O)NCCc2noc(COC)n2)cn1. The molecule has 116 valence electrons. The van der Waals surface area contributed by atoms with E-state index in [9.17, 15) is 8.42 Å². The van der Waals surface area contributed by atoms with Crippen molar-refractivity contribution in [2.24, 2.45) is 0 Å². The Balaban J connectivity index is 1.89. The molecule has 1 N–H and O–H groups in total. The van der Waals surface area contributed by atoms with Crippen molar-refractivity contribution in [1.29, 1.82) is 0 Å². The van der Waals surface area contributed by atoms with E-state index < -0.39 is 10.0 Å². The Kier molecular flexibility index (Phi) is 5.04. The molecule has 21 heavy (non-hydrogen) atoms. The molecule has 0 radical (unpaired) electrons. The molecule has 0 bridgehead atoms. The minimum atomic E-state index is -3.57. The first-order valence-corrected chi connectivity index (χ1v) is 7.86. The van der Waals surface area contributed by atoms with Gasteiger partial charge in [0.05, 0.1) is 6.20 Å². The number of hydrogen-bond donors (Lipinski definition) is 1. The minimum absolute atomic E-state index is 0.137. The van der Waals surface area contributed by atoms with Crippen LogP contribution in [0.5, 0.6) is 0 Å². The van der Waals surface area contributed by atoms with Gasteiger partial charge in [-0.05, 0) is 6.92 Å². The Hall–Kier alpha value is -1.78. The van der Waals surface area contributed by atoms with Gasteiger partial charge in [0.25, 0.3) is 5.89 Å². The molecule has 0 saturated carbocycles. The van der Waals surface area contributed by atoms with Crippen LogP contribution in [-0.4, -0.2) is 42.0 Å². The lowest BCUT2D eigenvalue weighted by molar-refractivity contribution is 0.151. The van der Waals surface area contributed by atoms with E-state index in [4.69, 9.17) is 9.26 Å². The molecule has 0 atom stereocenters. The lowest BCUT2D eigenvalue weighted by Gasteiger charge is -2.02. The maximum atomic E-state index is 12.0. The van der Waals surface area contributed by atoms with E-state index in [1.54, 1.807) is 4.68 Å². The zero-order valence-corrected chi connectivity index (χ0v) is 12.6. The zero-order valence-electron chi connectivity index (χ0n) is 11.8. The molecule has 2 aromatic heterocycles. The van der Waals surface area contributed by atoms with E-state index in [2.05, 4.69) is 20.0 Å². The van der Waals surface area contributed by atoms with Gasteiger partial charge >= 0.3 is 0 Å². The Morgan fingerprint density at radius 1 is 1.48 bits per heavy atom. The monoisotopic (exact) mass is 315 g/mol. The number of aromatic nitrogens is 4. The first-order valence-electron chi connectivity index (χ1n) is 6.37. The van der Waals surface area contributed by atoms with Crippen molar-refractivity contribution in [3.8, 4) is 0 Å². The zero-order chi connectivity index (χ0) is 15.3. The van der Waals surface area contributed by atoms with Gasteiger partial charge < -0.3 is 9.26 Å². The van der Waals surface area contributed by atoms with Crippen molar-refractivity contribution in [3.63, 3.8) is 0 Å². The van der Waals surface area contributed by atoms with E-state index >= 15 is 0 Å². The molecule has 0 aliphatic carbocycles. The normalized spacial score (nSPS) is 11.9. The molecule has 0 spiro atoms. The molecule has 2 heterocycles. The molecule has 0 aromatic carbocycles. The fourth-order valence-electron chi connectivity index (χ4n) is 1.61. The molecule has 2 rings (SSSR count). The predicted octanol–water partition coefficient (Wildman–Crippen LogP) is -0.0466. The second-order valence-corrected chi connectivity index (χ2v) is 5.98. The van der Waals surface area contributed by atoms with E-state index in [0.29, 0.717) is 24.7 Å². The topological polar surface area (TPSA) is 112 Å². The summed E-state index contributed by atoms with van der Waals surface area (Å²) < 4.78 is 37.8. The minimum Gasteiger partial charge on any atom is -0.375 e. The van der Waals surface area contributed by atoms with Gasteiger partial charge in [-0.1, -0.05) is 5.16 Å². The summed E-state index contributed by atoms with van der Waals surface area (Å²) in [6, 6.07) is 0. The average Bonchev–Trinajstić information content (AvgIpc) is 3.08. The quantitative estimate of drug-likeness (QED) is 0.727. The molecule has 0 aliphatic rings. The third-order valence-electron chi connectivity index (χ3n) is 2.66. The van der Waals surface area contributed by atoms with E-state index in [1.165, 1.54) is 19.5 Å². The van der Waals surface area contributed by atoms with E-state index in [1.807, 2.05) is 6.92 Å². The van der Waals surface area contributed by atoms with Gasteiger partial charge in [-0.25, -0.2) is 13.1 Å². The number of methoxy groups -OCH3 is 1. The average molecular weight is 315 g/mol. The standard InChI is InChI=1S/C11H17N5O4S/c1-3-16-7-9(6-12-16)21(17,18)13-5-4-10-14-11(8-19-2)20-15-10/h6-7,13H,3-5,8H2,1-2H3. The van der Waals surface area contributed by atoms with Crippen LogP contribution in [0.3, 0.4) is 0 Å². The molecular weight excluding hydrogens is 298 g/mol. The van der Waals surface area contributed by atoms with Crippen LogP contribution in [0.15, 0.2) is 21.8 Å². The van der Waals surface area contributed by atoms with Crippen molar-refractivity contribution < 1.29 is 17.7 Å². The summed E-state index contributed by atoms with van der Waals surface area (Å²) in [5.41, 5.74) is 0. The molecule has 10 heteroatoms. The highest BCUT2D eigenvalue weighted by Gasteiger charge is 2.16. The van der Waals surface area contributed by atoms with Gasteiger partial charge in [0.15, 0.2) is 5.82 Å². The summed E-state index contributed by atoms with van der Waals surface area (Å²) in [5.74, 6) is 0.786. The van der Waals surface area contributed by atoms with Crippen molar-refractivity contribution in [1.82, 2.24) is 24.6 Å². The Bertz CT molecular complexity index is 678. The second kappa shape index (κ2) is 6.78. The van der Waals surface area contributed by atoms with Gasteiger partial charge in [-0.15, -0.1) is 0 Å². The van der Waals surface area contributed by atoms with Crippen LogP contribution in [0.4, 0.5) is 0 Å². The summed E-state index contributed by atoms with van der Waals surface area (Å²) in [6.45, 7) is 2.89. The highest BCUT2D eigenvalue weighted by Crippen LogP contribution is 2.07. The van der Waals surface area contributed by atoms with Crippen LogP contribution in [0.2, 0.25) is 0 Å². The molecule has 2 aromatic rings. The first-order chi connectivity index (χ1) is 10.0. The Morgan fingerprint density at radius 2 is 2.29 bits per heavy atom. The molecular formula is C11H17N5O4S. The van der Waals surface area contributed by atoms with E-state index in [0.717, 1.165) is 0 Å².